The summed E-state index contributed by atoms with van der Waals surface area (Å²) in [5.41, 5.74) is 0. The Morgan fingerprint density at radius 3 is 2.12 bits per heavy atom. The number of rotatable bonds is 4. The highest BCUT2D eigenvalue weighted by atomic mass is 16.4. The third-order valence-electron chi connectivity index (χ3n) is 6.45. The highest BCUT2D eigenvalue weighted by Crippen LogP contribution is 2.29. The maximum atomic E-state index is 10.1. The van der Waals surface area contributed by atoms with E-state index in [4.69, 9.17) is 0 Å². The number of β-amino-alcohol motifs (C(OH)–C–C–N with tert-alkyl or cyclic N) is 1. The van der Waals surface area contributed by atoms with Crippen LogP contribution in [-0.4, -0.2) is 93.4 Å². The lowest BCUT2D eigenvalue weighted by Gasteiger charge is -2.46. The molecule has 3 rings (SSSR count). The first-order valence-corrected chi connectivity index (χ1v) is 9.73. The number of hydrogen-bond donors (Lipinski definition) is 4. The van der Waals surface area contributed by atoms with Crippen molar-refractivity contribution in [2.24, 2.45) is 5.92 Å². The Hall–Kier alpha value is -0.240. The minimum Gasteiger partial charge on any atom is -0.395 e. The molecular formula is C18H34N2O4. The van der Waals surface area contributed by atoms with Gasteiger partial charge in [0.2, 0.25) is 0 Å². The molecule has 1 aliphatic carbocycles. The lowest BCUT2D eigenvalue weighted by molar-refractivity contribution is -0.148. The van der Waals surface area contributed by atoms with E-state index in [-0.39, 0.29) is 6.61 Å². The van der Waals surface area contributed by atoms with E-state index >= 15 is 0 Å². The summed E-state index contributed by atoms with van der Waals surface area (Å²) in [5, 5.41) is 39.4. The first-order valence-electron chi connectivity index (χ1n) is 9.73. The molecule has 0 radical (unpaired) electrons. The van der Waals surface area contributed by atoms with Crippen molar-refractivity contribution < 1.29 is 20.4 Å². The molecule has 1 saturated carbocycles. The Morgan fingerprint density at radius 1 is 0.833 bits per heavy atom. The number of aliphatic hydroxyl groups is 4. The number of piperidine rings is 2. The highest BCUT2D eigenvalue weighted by Gasteiger charge is 2.41. The summed E-state index contributed by atoms with van der Waals surface area (Å²) in [4.78, 5) is 4.63. The first-order chi connectivity index (χ1) is 11.6. The van der Waals surface area contributed by atoms with Crippen molar-refractivity contribution in [3.05, 3.63) is 0 Å². The van der Waals surface area contributed by atoms with Crippen LogP contribution in [0.15, 0.2) is 0 Å². The van der Waals surface area contributed by atoms with Crippen LogP contribution in [0.1, 0.15) is 44.9 Å². The van der Waals surface area contributed by atoms with Crippen molar-refractivity contribution in [2.45, 2.75) is 75.3 Å². The summed E-state index contributed by atoms with van der Waals surface area (Å²) < 4.78 is 0. The third-order valence-corrected chi connectivity index (χ3v) is 6.45. The monoisotopic (exact) mass is 342 g/mol. The highest BCUT2D eigenvalue weighted by molar-refractivity contribution is 4.95. The van der Waals surface area contributed by atoms with E-state index in [1.807, 2.05) is 4.90 Å². The molecule has 0 spiro atoms. The van der Waals surface area contributed by atoms with Crippen LogP contribution >= 0.6 is 0 Å². The van der Waals surface area contributed by atoms with E-state index in [0.717, 1.165) is 38.5 Å². The maximum absolute atomic E-state index is 10.1. The van der Waals surface area contributed by atoms with Gasteiger partial charge < -0.3 is 25.3 Å². The molecule has 4 atom stereocenters. The van der Waals surface area contributed by atoms with Crippen molar-refractivity contribution in [1.82, 2.24) is 9.80 Å². The quantitative estimate of drug-likeness (QED) is 0.566. The van der Waals surface area contributed by atoms with Crippen LogP contribution in [0.25, 0.3) is 0 Å². The van der Waals surface area contributed by atoms with Crippen LogP contribution in [0.2, 0.25) is 0 Å². The molecule has 2 saturated heterocycles. The van der Waals surface area contributed by atoms with E-state index in [1.54, 1.807) is 0 Å². The van der Waals surface area contributed by atoms with Crippen molar-refractivity contribution >= 4 is 0 Å². The molecule has 4 N–H and O–H groups in total. The van der Waals surface area contributed by atoms with Gasteiger partial charge in [-0.2, -0.15) is 0 Å². The minimum absolute atomic E-state index is 0.189. The van der Waals surface area contributed by atoms with Gasteiger partial charge >= 0.3 is 0 Å². The summed E-state index contributed by atoms with van der Waals surface area (Å²) in [6.07, 6.45) is 5.92. The van der Waals surface area contributed by atoms with Gasteiger partial charge in [0.25, 0.3) is 0 Å². The molecule has 2 heterocycles. The van der Waals surface area contributed by atoms with Crippen LogP contribution in [0.3, 0.4) is 0 Å². The minimum atomic E-state index is -1.16. The molecule has 0 aromatic rings. The second-order valence-corrected chi connectivity index (χ2v) is 8.02. The average Bonchev–Trinajstić information content (AvgIpc) is 2.61. The zero-order valence-corrected chi connectivity index (χ0v) is 14.6. The van der Waals surface area contributed by atoms with E-state index in [9.17, 15) is 20.4 Å². The van der Waals surface area contributed by atoms with E-state index in [0.29, 0.717) is 12.5 Å². The Balaban J connectivity index is 1.49. The standard InChI is InChI=1S/C18H34N2O4/c21-12-15-17(23)18(24)16(22)11-20(15)10-13-6-8-19(9-7-13)14-4-2-1-3-5-14/h13-18,21-24H,1-12H2/t15-,16-,17+,18+/m0/s1. The van der Waals surface area contributed by atoms with E-state index < -0.39 is 24.4 Å². The van der Waals surface area contributed by atoms with E-state index in [1.165, 1.54) is 32.1 Å². The molecule has 0 unspecified atom stereocenters. The van der Waals surface area contributed by atoms with Gasteiger partial charge in [0.05, 0.1) is 18.8 Å². The van der Waals surface area contributed by atoms with Gasteiger partial charge in [-0.15, -0.1) is 0 Å². The maximum Gasteiger partial charge on any atom is 0.109 e. The fourth-order valence-electron chi connectivity index (χ4n) is 4.87. The van der Waals surface area contributed by atoms with Crippen LogP contribution in [0, 0.1) is 5.92 Å². The van der Waals surface area contributed by atoms with Crippen molar-refractivity contribution in [1.29, 1.82) is 0 Å². The summed E-state index contributed by atoms with van der Waals surface area (Å²) >= 11 is 0. The summed E-state index contributed by atoms with van der Waals surface area (Å²) in [6.45, 7) is 3.20. The van der Waals surface area contributed by atoms with Crippen molar-refractivity contribution in [3.63, 3.8) is 0 Å². The number of nitrogens with zero attached hydrogens (tertiary/aromatic N) is 2. The molecule has 0 amide bonds. The Bertz CT molecular complexity index is 383. The van der Waals surface area contributed by atoms with Gasteiger partial charge in [-0.25, -0.2) is 0 Å². The molecule has 0 aromatic heterocycles. The van der Waals surface area contributed by atoms with Gasteiger partial charge in [0, 0.05) is 19.1 Å². The van der Waals surface area contributed by atoms with E-state index in [2.05, 4.69) is 4.90 Å². The summed E-state index contributed by atoms with van der Waals surface area (Å²) in [7, 11) is 0. The van der Waals surface area contributed by atoms with Crippen LogP contribution in [0.5, 0.6) is 0 Å². The molecule has 0 aromatic carbocycles. The first kappa shape index (κ1) is 18.5. The van der Waals surface area contributed by atoms with Crippen molar-refractivity contribution in [2.75, 3.05) is 32.8 Å². The zero-order valence-electron chi connectivity index (χ0n) is 14.6. The van der Waals surface area contributed by atoms with Crippen LogP contribution in [-0.2, 0) is 0 Å². The largest absolute Gasteiger partial charge is 0.395 e. The van der Waals surface area contributed by atoms with Gasteiger partial charge in [-0.3, -0.25) is 4.90 Å². The van der Waals surface area contributed by atoms with Gasteiger partial charge in [-0.05, 0) is 44.7 Å². The number of likely N-dealkylation sites (tertiary alicyclic amines) is 2. The Labute approximate surface area is 145 Å². The predicted octanol–water partition coefficient (Wildman–Crippen LogP) is -0.210. The van der Waals surface area contributed by atoms with Gasteiger partial charge in [0.15, 0.2) is 0 Å². The normalized spacial score (nSPS) is 38.5. The summed E-state index contributed by atoms with van der Waals surface area (Å²) in [6, 6.07) is 0.304. The topological polar surface area (TPSA) is 87.4 Å². The van der Waals surface area contributed by atoms with Crippen molar-refractivity contribution in [3.8, 4) is 0 Å². The number of aliphatic hydroxyl groups excluding tert-OH is 4. The SMILES string of the molecule is OC[C@H]1[C@@H](O)[C@H](O)[C@@H](O)CN1CC1CCN(C2CCCCC2)CC1. The second kappa shape index (κ2) is 8.43. The smallest absolute Gasteiger partial charge is 0.109 e. The fourth-order valence-corrected chi connectivity index (χ4v) is 4.87. The molecule has 3 aliphatic rings. The molecule has 6 nitrogen and oxygen atoms in total. The van der Waals surface area contributed by atoms with Gasteiger partial charge in [0.1, 0.15) is 12.2 Å². The fraction of sp³-hybridized carbons (Fsp3) is 1.00. The predicted molar refractivity (Wildman–Crippen MR) is 91.6 cm³/mol. The number of hydrogen-bond acceptors (Lipinski definition) is 6. The van der Waals surface area contributed by atoms with Crippen LogP contribution < -0.4 is 0 Å². The molecule has 140 valence electrons. The molecule has 6 heteroatoms. The molecule has 24 heavy (non-hydrogen) atoms. The lowest BCUT2D eigenvalue weighted by Crippen LogP contribution is -2.63. The summed E-state index contributed by atoms with van der Waals surface area (Å²) in [5.74, 6) is 0.536. The molecular weight excluding hydrogens is 308 g/mol. The second-order valence-electron chi connectivity index (χ2n) is 8.02. The molecule has 0 bridgehead atoms. The third kappa shape index (κ3) is 4.11. The molecule has 2 aliphatic heterocycles. The van der Waals surface area contributed by atoms with Crippen LogP contribution in [0.4, 0.5) is 0 Å². The van der Waals surface area contributed by atoms with Gasteiger partial charge in [-0.1, -0.05) is 19.3 Å². The molecule has 3 fully saturated rings. The Kier molecular flexibility index (Phi) is 6.51. The average molecular weight is 342 g/mol. The zero-order chi connectivity index (χ0) is 17.1. The lowest BCUT2D eigenvalue weighted by atomic mass is 9.88. The Morgan fingerprint density at radius 2 is 1.50 bits per heavy atom.